The van der Waals surface area contributed by atoms with Crippen LogP contribution in [0.5, 0.6) is 0 Å². The Balaban J connectivity index is 2.40. The van der Waals surface area contributed by atoms with Gasteiger partial charge < -0.3 is 15.7 Å². The Labute approximate surface area is 106 Å². The topological polar surface area (TPSA) is 78.4 Å². The standard InChI is InChI=1S/C13H18N2O3/c1-9-5-3-6-11(10(9)2)15-13(18)14-8-4-7-12(16)17/h3,5-6H,4,7-8H2,1-2H3,(H,16,17)(H2,14,15,18). The third-order valence-electron chi connectivity index (χ3n) is 2.71. The van der Waals surface area contributed by atoms with E-state index in [-0.39, 0.29) is 12.5 Å². The molecule has 0 fully saturated rings. The molecule has 0 aliphatic rings. The lowest BCUT2D eigenvalue weighted by atomic mass is 10.1. The van der Waals surface area contributed by atoms with Crippen LogP contribution < -0.4 is 10.6 Å². The van der Waals surface area contributed by atoms with Gasteiger partial charge >= 0.3 is 12.0 Å². The van der Waals surface area contributed by atoms with Crippen LogP contribution in [0.2, 0.25) is 0 Å². The number of carboxylic acid groups (broad SMARTS) is 1. The molecule has 0 atom stereocenters. The minimum Gasteiger partial charge on any atom is -0.481 e. The Morgan fingerprint density at radius 1 is 1.28 bits per heavy atom. The van der Waals surface area contributed by atoms with E-state index in [1.807, 2.05) is 32.0 Å². The van der Waals surface area contributed by atoms with Gasteiger partial charge in [-0.1, -0.05) is 12.1 Å². The van der Waals surface area contributed by atoms with Crippen molar-refractivity contribution in [2.75, 3.05) is 11.9 Å². The number of carboxylic acids is 1. The molecule has 0 heterocycles. The molecule has 0 bridgehead atoms. The Bertz CT molecular complexity index is 444. The number of hydrogen-bond acceptors (Lipinski definition) is 2. The van der Waals surface area contributed by atoms with E-state index in [4.69, 9.17) is 5.11 Å². The van der Waals surface area contributed by atoms with Crippen molar-refractivity contribution in [3.63, 3.8) is 0 Å². The van der Waals surface area contributed by atoms with Crippen molar-refractivity contribution in [1.29, 1.82) is 0 Å². The molecule has 1 rings (SSSR count). The van der Waals surface area contributed by atoms with Crippen LogP contribution in [0.25, 0.3) is 0 Å². The average molecular weight is 250 g/mol. The molecular formula is C13H18N2O3. The van der Waals surface area contributed by atoms with E-state index in [0.717, 1.165) is 16.8 Å². The predicted octanol–water partition coefficient (Wildman–Crippen LogP) is 2.29. The van der Waals surface area contributed by atoms with E-state index in [1.54, 1.807) is 0 Å². The van der Waals surface area contributed by atoms with Crippen molar-refractivity contribution in [1.82, 2.24) is 5.32 Å². The van der Waals surface area contributed by atoms with Crippen LogP contribution in [-0.2, 0) is 4.79 Å². The maximum absolute atomic E-state index is 11.6. The van der Waals surface area contributed by atoms with Gasteiger partial charge in [-0.3, -0.25) is 4.79 Å². The van der Waals surface area contributed by atoms with Gasteiger partial charge in [0.2, 0.25) is 0 Å². The van der Waals surface area contributed by atoms with E-state index >= 15 is 0 Å². The molecule has 2 amide bonds. The average Bonchev–Trinajstić information content (AvgIpc) is 2.30. The molecule has 98 valence electrons. The van der Waals surface area contributed by atoms with Gasteiger partial charge in [0.25, 0.3) is 0 Å². The molecule has 0 aliphatic carbocycles. The number of aryl methyl sites for hydroxylation is 1. The van der Waals surface area contributed by atoms with Gasteiger partial charge in [0.15, 0.2) is 0 Å². The summed E-state index contributed by atoms with van der Waals surface area (Å²) in [6, 6.07) is 5.38. The molecule has 0 aromatic heterocycles. The molecular weight excluding hydrogens is 232 g/mol. The number of nitrogens with one attached hydrogen (secondary N) is 2. The lowest BCUT2D eigenvalue weighted by Gasteiger charge is -2.11. The van der Waals surface area contributed by atoms with Crippen molar-refractivity contribution < 1.29 is 14.7 Å². The third kappa shape index (κ3) is 4.45. The first-order valence-electron chi connectivity index (χ1n) is 5.83. The Hall–Kier alpha value is -2.04. The van der Waals surface area contributed by atoms with Gasteiger partial charge in [0, 0.05) is 18.7 Å². The summed E-state index contributed by atoms with van der Waals surface area (Å²) in [5.41, 5.74) is 2.91. The van der Waals surface area contributed by atoms with Gasteiger partial charge in [0.1, 0.15) is 0 Å². The van der Waals surface area contributed by atoms with Crippen LogP contribution in [0.3, 0.4) is 0 Å². The molecule has 0 spiro atoms. The maximum Gasteiger partial charge on any atom is 0.319 e. The normalized spacial score (nSPS) is 9.89. The molecule has 5 nitrogen and oxygen atoms in total. The van der Waals surface area contributed by atoms with Crippen molar-refractivity contribution in [2.45, 2.75) is 26.7 Å². The third-order valence-corrected chi connectivity index (χ3v) is 2.71. The SMILES string of the molecule is Cc1cccc(NC(=O)NCCCC(=O)O)c1C. The molecule has 18 heavy (non-hydrogen) atoms. The van der Waals surface area contributed by atoms with E-state index in [9.17, 15) is 9.59 Å². The second kappa shape index (κ2) is 6.64. The van der Waals surface area contributed by atoms with Crippen molar-refractivity contribution >= 4 is 17.7 Å². The first-order chi connectivity index (χ1) is 8.50. The summed E-state index contributed by atoms with van der Waals surface area (Å²) in [5.74, 6) is -0.855. The zero-order valence-corrected chi connectivity index (χ0v) is 10.6. The quantitative estimate of drug-likeness (QED) is 0.701. The van der Waals surface area contributed by atoms with E-state index in [0.29, 0.717) is 13.0 Å². The van der Waals surface area contributed by atoms with E-state index < -0.39 is 5.97 Å². The fraction of sp³-hybridized carbons (Fsp3) is 0.385. The minimum atomic E-state index is -0.855. The molecule has 0 radical (unpaired) electrons. The summed E-state index contributed by atoms with van der Waals surface area (Å²) in [4.78, 5) is 21.8. The second-order valence-electron chi connectivity index (χ2n) is 4.13. The Kier molecular flexibility index (Phi) is 5.17. The number of urea groups is 1. The number of carbonyl (C=O) groups is 2. The minimum absolute atomic E-state index is 0.0593. The molecule has 3 N–H and O–H groups in total. The highest BCUT2D eigenvalue weighted by Crippen LogP contribution is 2.17. The fourth-order valence-corrected chi connectivity index (χ4v) is 1.49. The molecule has 0 saturated carbocycles. The first kappa shape index (κ1) is 14.0. The predicted molar refractivity (Wildman–Crippen MR) is 69.8 cm³/mol. The molecule has 1 aromatic rings. The van der Waals surface area contributed by atoms with Crippen LogP contribution >= 0.6 is 0 Å². The largest absolute Gasteiger partial charge is 0.481 e. The molecule has 1 aromatic carbocycles. The monoisotopic (exact) mass is 250 g/mol. The van der Waals surface area contributed by atoms with E-state index in [1.165, 1.54) is 0 Å². The Morgan fingerprint density at radius 3 is 2.67 bits per heavy atom. The van der Waals surface area contributed by atoms with Crippen LogP contribution in [0.15, 0.2) is 18.2 Å². The number of rotatable bonds is 5. The number of amides is 2. The van der Waals surface area contributed by atoms with Crippen molar-refractivity contribution in [2.24, 2.45) is 0 Å². The maximum atomic E-state index is 11.6. The van der Waals surface area contributed by atoms with Crippen LogP contribution in [0.1, 0.15) is 24.0 Å². The van der Waals surface area contributed by atoms with Gasteiger partial charge in [-0.05, 0) is 37.5 Å². The summed E-state index contributed by atoms with van der Waals surface area (Å²) in [6.45, 7) is 4.27. The van der Waals surface area contributed by atoms with Gasteiger partial charge in [-0.2, -0.15) is 0 Å². The van der Waals surface area contributed by atoms with Crippen molar-refractivity contribution in [3.05, 3.63) is 29.3 Å². The summed E-state index contributed by atoms with van der Waals surface area (Å²) in [6.07, 6.45) is 0.485. The lowest BCUT2D eigenvalue weighted by Crippen LogP contribution is -2.30. The van der Waals surface area contributed by atoms with E-state index in [2.05, 4.69) is 10.6 Å². The van der Waals surface area contributed by atoms with Gasteiger partial charge in [-0.15, -0.1) is 0 Å². The molecule has 0 unspecified atom stereocenters. The number of anilines is 1. The lowest BCUT2D eigenvalue weighted by molar-refractivity contribution is -0.137. The second-order valence-corrected chi connectivity index (χ2v) is 4.13. The van der Waals surface area contributed by atoms with Gasteiger partial charge in [0.05, 0.1) is 0 Å². The summed E-state index contributed by atoms with van der Waals surface area (Å²) in [5, 5.41) is 13.8. The number of hydrogen-bond donors (Lipinski definition) is 3. The number of aliphatic carboxylic acids is 1. The zero-order valence-electron chi connectivity index (χ0n) is 10.6. The smallest absolute Gasteiger partial charge is 0.319 e. The first-order valence-corrected chi connectivity index (χ1v) is 5.83. The molecule has 0 saturated heterocycles. The summed E-state index contributed by atoms with van der Waals surface area (Å²) in [7, 11) is 0. The summed E-state index contributed by atoms with van der Waals surface area (Å²) < 4.78 is 0. The van der Waals surface area contributed by atoms with Crippen LogP contribution in [0.4, 0.5) is 10.5 Å². The Morgan fingerprint density at radius 2 is 2.00 bits per heavy atom. The highest BCUT2D eigenvalue weighted by molar-refractivity contribution is 5.90. The summed E-state index contributed by atoms with van der Waals surface area (Å²) >= 11 is 0. The molecule has 0 aliphatic heterocycles. The fourth-order valence-electron chi connectivity index (χ4n) is 1.49. The number of carbonyl (C=O) groups excluding carboxylic acids is 1. The molecule has 5 heteroatoms. The van der Waals surface area contributed by atoms with Gasteiger partial charge in [-0.25, -0.2) is 4.79 Å². The van der Waals surface area contributed by atoms with Crippen LogP contribution in [0, 0.1) is 13.8 Å². The van der Waals surface area contributed by atoms with Crippen LogP contribution in [-0.4, -0.2) is 23.7 Å². The number of benzene rings is 1. The highest BCUT2D eigenvalue weighted by Gasteiger charge is 2.05. The van der Waals surface area contributed by atoms with Crippen molar-refractivity contribution in [3.8, 4) is 0 Å². The highest BCUT2D eigenvalue weighted by atomic mass is 16.4. The zero-order chi connectivity index (χ0) is 13.5.